The van der Waals surface area contributed by atoms with Gasteiger partial charge in [0.05, 0.1) is 11.6 Å². The predicted octanol–water partition coefficient (Wildman–Crippen LogP) is 4.41. The van der Waals surface area contributed by atoms with E-state index in [4.69, 9.17) is 4.74 Å². The van der Waals surface area contributed by atoms with Crippen molar-refractivity contribution < 1.29 is 9.84 Å². The molecule has 0 radical (unpaired) electrons. The van der Waals surface area contributed by atoms with Crippen LogP contribution in [-0.2, 0) is 0 Å². The van der Waals surface area contributed by atoms with Crippen LogP contribution in [0.3, 0.4) is 0 Å². The first-order valence-electron chi connectivity index (χ1n) is 9.30. The Morgan fingerprint density at radius 3 is 2.52 bits per heavy atom. The Labute approximate surface area is 158 Å². The molecule has 0 unspecified atom stereocenters. The Kier molecular flexibility index (Phi) is 5.10. The third-order valence-corrected chi connectivity index (χ3v) is 4.82. The van der Waals surface area contributed by atoms with Crippen molar-refractivity contribution in [1.82, 2.24) is 10.3 Å². The quantitative estimate of drug-likeness (QED) is 0.457. The number of nitrogens with one attached hydrogen (secondary N) is 2. The molecule has 2 atom stereocenters. The lowest BCUT2D eigenvalue weighted by Gasteiger charge is -2.18. The van der Waals surface area contributed by atoms with Gasteiger partial charge in [-0.05, 0) is 30.7 Å². The van der Waals surface area contributed by atoms with Crippen LogP contribution >= 0.6 is 0 Å². The maximum atomic E-state index is 10.2. The van der Waals surface area contributed by atoms with Gasteiger partial charge in [-0.1, -0.05) is 48.5 Å². The van der Waals surface area contributed by atoms with Gasteiger partial charge in [-0.25, -0.2) is 0 Å². The Balaban J connectivity index is 1.34. The fourth-order valence-electron chi connectivity index (χ4n) is 3.31. The summed E-state index contributed by atoms with van der Waals surface area (Å²) in [4.78, 5) is 3.44. The summed E-state index contributed by atoms with van der Waals surface area (Å²) in [6.45, 7) is 3.09. The highest BCUT2D eigenvalue weighted by Gasteiger charge is 2.10. The van der Waals surface area contributed by atoms with Gasteiger partial charge in [0.25, 0.3) is 0 Å². The van der Waals surface area contributed by atoms with Crippen LogP contribution in [-0.4, -0.2) is 29.3 Å². The summed E-state index contributed by atoms with van der Waals surface area (Å²) in [6.07, 6.45) is -0.517. The number of para-hydroxylation sites is 1. The van der Waals surface area contributed by atoms with Gasteiger partial charge in [-0.2, -0.15) is 0 Å². The van der Waals surface area contributed by atoms with Crippen molar-refractivity contribution in [3.05, 3.63) is 78.4 Å². The summed E-state index contributed by atoms with van der Waals surface area (Å²) in [5, 5.41) is 16.0. The lowest BCUT2D eigenvalue weighted by Crippen LogP contribution is -2.34. The Bertz CT molecular complexity index is 1030. The Morgan fingerprint density at radius 1 is 0.926 bits per heavy atom. The van der Waals surface area contributed by atoms with Crippen molar-refractivity contribution in [2.24, 2.45) is 0 Å². The van der Waals surface area contributed by atoms with Crippen LogP contribution in [0.2, 0.25) is 0 Å². The molecule has 0 aliphatic rings. The monoisotopic (exact) mass is 360 g/mol. The van der Waals surface area contributed by atoms with Crippen LogP contribution in [0.4, 0.5) is 0 Å². The molecule has 1 aromatic heterocycles. The topological polar surface area (TPSA) is 57.3 Å². The zero-order valence-electron chi connectivity index (χ0n) is 15.4. The third-order valence-electron chi connectivity index (χ3n) is 4.82. The number of aromatic amines is 1. The molecule has 0 amide bonds. The minimum absolute atomic E-state index is 0.127. The van der Waals surface area contributed by atoms with Crippen molar-refractivity contribution in [2.75, 3.05) is 13.2 Å². The largest absolute Gasteiger partial charge is 0.492 e. The number of benzene rings is 3. The minimum Gasteiger partial charge on any atom is -0.492 e. The van der Waals surface area contributed by atoms with Gasteiger partial charge in [-0.3, -0.25) is 0 Å². The van der Waals surface area contributed by atoms with Crippen LogP contribution in [0, 0.1) is 0 Å². The molecule has 0 aliphatic heterocycles. The van der Waals surface area contributed by atoms with E-state index in [2.05, 4.69) is 41.5 Å². The molecular formula is C23H24N2O2. The van der Waals surface area contributed by atoms with Crippen molar-refractivity contribution in [3.8, 4) is 5.75 Å². The van der Waals surface area contributed by atoms with E-state index >= 15 is 0 Å². The SMILES string of the molecule is C[C@H](COc1ccc2c(c1)[nH]c1ccccc12)NC[C@H](O)c1ccccc1. The number of aliphatic hydroxyl groups excluding tert-OH is 1. The molecule has 4 rings (SSSR count). The van der Waals surface area contributed by atoms with E-state index in [1.165, 1.54) is 10.8 Å². The zero-order chi connectivity index (χ0) is 18.6. The molecule has 138 valence electrons. The van der Waals surface area contributed by atoms with Crippen molar-refractivity contribution >= 4 is 21.8 Å². The molecule has 4 aromatic rings. The molecule has 0 spiro atoms. The molecule has 27 heavy (non-hydrogen) atoms. The van der Waals surface area contributed by atoms with Crippen LogP contribution in [0.1, 0.15) is 18.6 Å². The van der Waals surface area contributed by atoms with E-state index in [0.717, 1.165) is 22.3 Å². The lowest BCUT2D eigenvalue weighted by molar-refractivity contribution is 0.164. The molecule has 0 saturated carbocycles. The standard InChI is InChI=1S/C23H24N2O2/c1-16(24-14-23(26)17-7-3-2-4-8-17)15-27-18-11-12-20-19-9-5-6-10-21(19)25-22(20)13-18/h2-13,16,23-26H,14-15H2,1H3/t16-,23+/m1/s1. The van der Waals surface area contributed by atoms with E-state index in [1.54, 1.807) is 0 Å². The Morgan fingerprint density at radius 2 is 1.67 bits per heavy atom. The molecule has 0 saturated heterocycles. The summed E-state index contributed by atoms with van der Waals surface area (Å²) in [6, 6.07) is 24.3. The second-order valence-electron chi connectivity index (χ2n) is 6.92. The molecule has 0 bridgehead atoms. The van der Waals surface area contributed by atoms with Gasteiger partial charge >= 0.3 is 0 Å². The molecular weight excluding hydrogens is 336 g/mol. The number of hydrogen-bond acceptors (Lipinski definition) is 3. The molecule has 0 fully saturated rings. The number of aromatic nitrogens is 1. The first kappa shape index (κ1) is 17.6. The second kappa shape index (κ2) is 7.82. The van der Waals surface area contributed by atoms with E-state index in [9.17, 15) is 5.11 Å². The average molecular weight is 360 g/mol. The predicted molar refractivity (Wildman–Crippen MR) is 110 cm³/mol. The molecule has 1 heterocycles. The van der Waals surface area contributed by atoms with Crippen molar-refractivity contribution in [2.45, 2.75) is 19.1 Å². The highest BCUT2D eigenvalue weighted by molar-refractivity contribution is 6.07. The fraction of sp³-hybridized carbons (Fsp3) is 0.217. The average Bonchev–Trinajstić information content (AvgIpc) is 3.09. The second-order valence-corrected chi connectivity index (χ2v) is 6.92. The number of H-pyrrole nitrogens is 1. The first-order chi connectivity index (χ1) is 13.2. The van der Waals surface area contributed by atoms with Gasteiger partial charge in [0.1, 0.15) is 12.4 Å². The van der Waals surface area contributed by atoms with E-state index < -0.39 is 6.10 Å². The molecule has 4 nitrogen and oxygen atoms in total. The van der Waals surface area contributed by atoms with Crippen molar-refractivity contribution in [1.29, 1.82) is 0 Å². The Hall–Kier alpha value is -2.82. The highest BCUT2D eigenvalue weighted by Crippen LogP contribution is 2.28. The normalized spacial score (nSPS) is 13.7. The lowest BCUT2D eigenvalue weighted by atomic mass is 10.1. The summed E-state index contributed by atoms with van der Waals surface area (Å²) in [5.74, 6) is 0.839. The van der Waals surface area contributed by atoms with Crippen LogP contribution < -0.4 is 10.1 Å². The van der Waals surface area contributed by atoms with E-state index in [1.807, 2.05) is 48.5 Å². The fourth-order valence-corrected chi connectivity index (χ4v) is 3.31. The number of aliphatic hydroxyl groups is 1. The van der Waals surface area contributed by atoms with Crippen LogP contribution in [0.5, 0.6) is 5.75 Å². The van der Waals surface area contributed by atoms with E-state index in [-0.39, 0.29) is 6.04 Å². The highest BCUT2D eigenvalue weighted by atomic mass is 16.5. The summed E-state index contributed by atoms with van der Waals surface area (Å²) >= 11 is 0. The molecule has 0 aliphatic carbocycles. The smallest absolute Gasteiger partial charge is 0.121 e. The number of fused-ring (bicyclic) bond motifs is 3. The maximum Gasteiger partial charge on any atom is 0.121 e. The zero-order valence-corrected chi connectivity index (χ0v) is 15.4. The van der Waals surface area contributed by atoms with Gasteiger partial charge in [0.2, 0.25) is 0 Å². The van der Waals surface area contributed by atoms with Gasteiger partial charge in [-0.15, -0.1) is 0 Å². The minimum atomic E-state index is -0.517. The van der Waals surface area contributed by atoms with Crippen LogP contribution in [0.15, 0.2) is 72.8 Å². The van der Waals surface area contributed by atoms with Crippen LogP contribution in [0.25, 0.3) is 21.8 Å². The molecule has 4 heteroatoms. The first-order valence-corrected chi connectivity index (χ1v) is 9.30. The van der Waals surface area contributed by atoms with E-state index in [0.29, 0.717) is 13.2 Å². The van der Waals surface area contributed by atoms with Gasteiger partial charge in [0.15, 0.2) is 0 Å². The number of rotatable bonds is 7. The molecule has 3 aromatic carbocycles. The van der Waals surface area contributed by atoms with Gasteiger partial charge in [0, 0.05) is 34.9 Å². The number of hydrogen-bond donors (Lipinski definition) is 3. The summed E-state index contributed by atoms with van der Waals surface area (Å²) in [5.41, 5.74) is 3.13. The van der Waals surface area contributed by atoms with Crippen molar-refractivity contribution in [3.63, 3.8) is 0 Å². The third kappa shape index (κ3) is 3.97. The maximum absolute atomic E-state index is 10.2. The number of ether oxygens (including phenoxy) is 1. The van der Waals surface area contributed by atoms with Gasteiger partial charge < -0.3 is 20.1 Å². The summed E-state index contributed by atoms with van der Waals surface area (Å²) in [7, 11) is 0. The molecule has 3 N–H and O–H groups in total. The summed E-state index contributed by atoms with van der Waals surface area (Å²) < 4.78 is 5.95.